The lowest BCUT2D eigenvalue weighted by molar-refractivity contribution is -0.122. The molecule has 2 heterocycles. The Morgan fingerprint density at radius 1 is 1.08 bits per heavy atom. The number of benzene rings is 1. The van der Waals surface area contributed by atoms with Gasteiger partial charge in [0.25, 0.3) is 5.91 Å². The third kappa shape index (κ3) is 5.66. The lowest BCUT2D eigenvalue weighted by Crippen LogP contribution is -2.52. The van der Waals surface area contributed by atoms with Gasteiger partial charge >= 0.3 is 0 Å². The first kappa shape index (κ1) is 25.3. The zero-order valence-electron chi connectivity index (χ0n) is 20.9. The molecule has 3 aliphatic rings. The van der Waals surface area contributed by atoms with Crippen LogP contribution in [0.25, 0.3) is 0 Å². The number of fused-ring (bicyclic) bond motifs is 1. The summed E-state index contributed by atoms with van der Waals surface area (Å²) in [7, 11) is 0. The molecule has 5 rings (SSSR count). The van der Waals surface area contributed by atoms with E-state index in [0.29, 0.717) is 29.8 Å². The van der Waals surface area contributed by atoms with E-state index in [4.69, 9.17) is 0 Å². The number of aryl methyl sites for hydroxylation is 1. The lowest BCUT2D eigenvalue weighted by Gasteiger charge is -2.37. The van der Waals surface area contributed by atoms with E-state index in [1.165, 1.54) is 11.1 Å². The number of rotatable bonds is 7. The van der Waals surface area contributed by atoms with Crippen LogP contribution in [0.2, 0.25) is 0 Å². The Bertz CT molecular complexity index is 1170. The number of hydrogen-bond donors (Lipinski definition) is 4. The summed E-state index contributed by atoms with van der Waals surface area (Å²) in [6.45, 7) is 1.81. The van der Waals surface area contributed by atoms with Crippen LogP contribution in [0.15, 0.2) is 36.5 Å². The minimum Gasteiger partial charge on any atom is -0.393 e. The average molecular weight is 508 g/mol. The molecule has 10 nitrogen and oxygen atoms in total. The van der Waals surface area contributed by atoms with Gasteiger partial charge in [0.1, 0.15) is 6.54 Å². The van der Waals surface area contributed by atoms with Crippen molar-refractivity contribution >= 4 is 29.1 Å². The molecule has 2 aliphatic carbocycles. The van der Waals surface area contributed by atoms with Crippen molar-refractivity contribution in [3.05, 3.63) is 53.3 Å². The predicted molar refractivity (Wildman–Crippen MR) is 137 cm³/mol. The zero-order valence-corrected chi connectivity index (χ0v) is 20.9. The standard InChI is InChI=1S/C27H33N5O5/c1-16-2-3-18(13-28-16)27(37)30-26(36)17-4-11-22-23(12-17)31(15-25(35)32(22)20-7-8-20)24(34)14-29-19-5-9-21(33)10-6-19/h2-4,11-13,19-21,27,29,33,37H,5-10,14-15H2,1H3,(H,30,36). The highest BCUT2D eigenvalue weighted by Gasteiger charge is 2.41. The molecule has 0 spiro atoms. The molecule has 3 amide bonds. The number of anilines is 2. The Morgan fingerprint density at radius 3 is 2.51 bits per heavy atom. The van der Waals surface area contributed by atoms with Crippen molar-refractivity contribution in [2.45, 2.75) is 69.9 Å². The maximum absolute atomic E-state index is 13.3. The van der Waals surface area contributed by atoms with E-state index in [1.807, 2.05) is 6.92 Å². The van der Waals surface area contributed by atoms with E-state index < -0.39 is 12.1 Å². The fraction of sp³-hybridized carbons (Fsp3) is 0.481. The smallest absolute Gasteiger partial charge is 0.253 e. The van der Waals surface area contributed by atoms with Gasteiger partial charge in [-0.05, 0) is 69.7 Å². The summed E-state index contributed by atoms with van der Waals surface area (Å²) < 4.78 is 0. The van der Waals surface area contributed by atoms with Crippen molar-refractivity contribution < 1.29 is 24.6 Å². The molecule has 4 N–H and O–H groups in total. The second-order valence-electron chi connectivity index (χ2n) is 10.2. The maximum atomic E-state index is 13.3. The molecule has 0 saturated heterocycles. The molecule has 1 aromatic carbocycles. The number of aromatic nitrogens is 1. The highest BCUT2D eigenvalue weighted by atomic mass is 16.3. The Kier molecular flexibility index (Phi) is 7.23. The first-order chi connectivity index (χ1) is 17.8. The van der Waals surface area contributed by atoms with Crippen LogP contribution in [0.4, 0.5) is 11.4 Å². The topological polar surface area (TPSA) is 135 Å². The highest BCUT2D eigenvalue weighted by molar-refractivity contribution is 6.13. The number of nitrogens with one attached hydrogen (secondary N) is 2. The molecule has 196 valence electrons. The van der Waals surface area contributed by atoms with Gasteiger partial charge < -0.3 is 25.7 Å². The van der Waals surface area contributed by atoms with Crippen LogP contribution in [-0.4, -0.2) is 64.2 Å². The SMILES string of the molecule is Cc1ccc(C(O)NC(=O)c2ccc3c(c2)N(C(=O)CNC2CCC(O)CC2)CC(=O)N3C2CC2)cn1. The third-order valence-corrected chi connectivity index (χ3v) is 7.32. The molecule has 2 fully saturated rings. The number of hydrogen-bond acceptors (Lipinski definition) is 7. The first-order valence-electron chi connectivity index (χ1n) is 12.9. The molecule has 10 heteroatoms. The van der Waals surface area contributed by atoms with Crippen molar-refractivity contribution in [2.75, 3.05) is 22.9 Å². The molecule has 1 atom stereocenters. The van der Waals surface area contributed by atoms with Gasteiger partial charge in [-0.2, -0.15) is 0 Å². The largest absolute Gasteiger partial charge is 0.393 e. The fourth-order valence-electron chi connectivity index (χ4n) is 5.01. The van der Waals surface area contributed by atoms with Crippen LogP contribution in [-0.2, 0) is 9.59 Å². The summed E-state index contributed by atoms with van der Waals surface area (Å²) >= 11 is 0. The molecule has 2 saturated carbocycles. The van der Waals surface area contributed by atoms with Crippen LogP contribution < -0.4 is 20.4 Å². The van der Waals surface area contributed by atoms with E-state index in [2.05, 4.69) is 15.6 Å². The van der Waals surface area contributed by atoms with Crippen LogP contribution in [0.5, 0.6) is 0 Å². The first-order valence-corrected chi connectivity index (χ1v) is 12.9. The molecule has 2 aromatic rings. The molecular weight excluding hydrogens is 474 g/mol. The summed E-state index contributed by atoms with van der Waals surface area (Å²) in [5.74, 6) is -0.889. The van der Waals surface area contributed by atoms with Gasteiger partial charge in [0.2, 0.25) is 11.8 Å². The minimum atomic E-state index is -1.24. The van der Waals surface area contributed by atoms with Gasteiger partial charge in [0, 0.05) is 35.1 Å². The number of carbonyl (C=O) groups excluding carboxylic acids is 3. The Hall–Kier alpha value is -3.34. The van der Waals surface area contributed by atoms with Crippen LogP contribution in [0.3, 0.4) is 0 Å². The highest BCUT2D eigenvalue weighted by Crippen LogP contribution is 2.41. The number of aliphatic hydroxyl groups is 2. The average Bonchev–Trinajstić information content (AvgIpc) is 3.73. The van der Waals surface area contributed by atoms with Gasteiger partial charge in [0.15, 0.2) is 6.23 Å². The van der Waals surface area contributed by atoms with Crippen molar-refractivity contribution in [3.8, 4) is 0 Å². The van der Waals surface area contributed by atoms with Crippen molar-refractivity contribution in [3.63, 3.8) is 0 Å². The quantitative estimate of drug-likeness (QED) is 0.418. The Balaban J connectivity index is 1.34. The number of nitrogens with zero attached hydrogens (tertiary/aromatic N) is 3. The third-order valence-electron chi connectivity index (χ3n) is 7.32. The van der Waals surface area contributed by atoms with Gasteiger partial charge in [0.05, 0.1) is 24.0 Å². The number of amides is 3. The summed E-state index contributed by atoms with van der Waals surface area (Å²) in [6, 6.07) is 8.63. The van der Waals surface area contributed by atoms with Gasteiger partial charge in [-0.1, -0.05) is 6.07 Å². The van der Waals surface area contributed by atoms with Crippen LogP contribution in [0.1, 0.15) is 66.4 Å². The Morgan fingerprint density at radius 2 is 1.84 bits per heavy atom. The van der Waals surface area contributed by atoms with Gasteiger partial charge in [-0.25, -0.2) is 0 Å². The second-order valence-corrected chi connectivity index (χ2v) is 10.2. The number of pyridine rings is 1. The monoisotopic (exact) mass is 507 g/mol. The van der Waals surface area contributed by atoms with Crippen LogP contribution in [0, 0.1) is 6.92 Å². The fourth-order valence-corrected chi connectivity index (χ4v) is 5.01. The van der Waals surface area contributed by atoms with E-state index in [0.717, 1.165) is 31.4 Å². The number of aliphatic hydroxyl groups excluding tert-OH is 2. The minimum absolute atomic E-state index is 0.0620. The number of carbonyl (C=O) groups is 3. The summed E-state index contributed by atoms with van der Waals surface area (Å²) in [4.78, 5) is 46.6. The predicted octanol–water partition coefficient (Wildman–Crippen LogP) is 1.55. The molecule has 0 radical (unpaired) electrons. The van der Waals surface area contributed by atoms with E-state index in [1.54, 1.807) is 35.2 Å². The Labute approximate surface area is 215 Å². The normalized spacial score (nSPS) is 22.4. The van der Waals surface area contributed by atoms with Gasteiger partial charge in [-0.3, -0.25) is 24.3 Å². The molecule has 37 heavy (non-hydrogen) atoms. The van der Waals surface area contributed by atoms with Crippen LogP contribution >= 0.6 is 0 Å². The second kappa shape index (κ2) is 10.6. The molecular formula is C27H33N5O5. The van der Waals surface area contributed by atoms with Gasteiger partial charge in [-0.15, -0.1) is 0 Å². The summed E-state index contributed by atoms with van der Waals surface area (Å²) in [5, 5.41) is 26.0. The van der Waals surface area contributed by atoms with E-state index in [-0.39, 0.29) is 48.7 Å². The molecule has 1 aliphatic heterocycles. The van der Waals surface area contributed by atoms with Crippen molar-refractivity contribution in [1.29, 1.82) is 0 Å². The molecule has 1 aromatic heterocycles. The van der Waals surface area contributed by atoms with Crippen molar-refractivity contribution in [2.24, 2.45) is 0 Å². The molecule has 0 bridgehead atoms. The van der Waals surface area contributed by atoms with E-state index >= 15 is 0 Å². The summed E-state index contributed by atoms with van der Waals surface area (Å²) in [5.41, 5.74) is 2.66. The van der Waals surface area contributed by atoms with E-state index in [9.17, 15) is 24.6 Å². The maximum Gasteiger partial charge on any atom is 0.253 e. The zero-order chi connectivity index (χ0) is 26.1. The molecule has 1 unspecified atom stereocenters. The lowest BCUT2D eigenvalue weighted by atomic mass is 9.93. The van der Waals surface area contributed by atoms with Crippen molar-refractivity contribution in [1.82, 2.24) is 15.6 Å². The summed E-state index contributed by atoms with van der Waals surface area (Å²) in [6.07, 6.45) is 4.81.